The highest BCUT2D eigenvalue weighted by Gasteiger charge is 2.30. The maximum absolute atomic E-state index is 12.6. The first kappa shape index (κ1) is 21.1. The summed E-state index contributed by atoms with van der Waals surface area (Å²) >= 11 is 0. The topological polar surface area (TPSA) is 52.7 Å². The summed E-state index contributed by atoms with van der Waals surface area (Å²) in [6.45, 7) is 5.56. The van der Waals surface area contributed by atoms with Gasteiger partial charge in [-0.2, -0.15) is 0 Å². The molecule has 1 fully saturated rings. The van der Waals surface area contributed by atoms with Gasteiger partial charge in [0.15, 0.2) is 0 Å². The Morgan fingerprint density at radius 3 is 2.48 bits per heavy atom. The number of nitrogens with one attached hydrogen (secondary N) is 1. The third-order valence-corrected chi connectivity index (χ3v) is 5.38. The second-order valence-electron chi connectivity index (χ2n) is 8.05. The first-order valence-corrected chi connectivity index (χ1v) is 10.3. The summed E-state index contributed by atoms with van der Waals surface area (Å²) in [5.41, 5.74) is 4.16. The molecule has 0 aliphatic heterocycles. The van der Waals surface area contributed by atoms with Crippen molar-refractivity contribution in [1.29, 1.82) is 0 Å². The smallest absolute Gasteiger partial charge is 0.238 e. The number of aryl methyl sites for hydroxylation is 2. The van der Waals surface area contributed by atoms with Crippen molar-refractivity contribution < 1.29 is 9.59 Å². The Kier molecular flexibility index (Phi) is 7.04. The van der Waals surface area contributed by atoms with E-state index in [1.54, 1.807) is 4.90 Å². The van der Waals surface area contributed by atoms with Crippen molar-refractivity contribution in [2.24, 2.45) is 0 Å². The molecule has 5 heteroatoms. The van der Waals surface area contributed by atoms with E-state index in [1.807, 2.05) is 69.4 Å². The summed E-state index contributed by atoms with van der Waals surface area (Å²) in [4.78, 5) is 29.1. The van der Waals surface area contributed by atoms with Gasteiger partial charge >= 0.3 is 0 Å². The Morgan fingerprint density at radius 1 is 1.07 bits per heavy atom. The van der Waals surface area contributed by atoms with Crippen LogP contribution in [0.25, 0.3) is 0 Å². The minimum atomic E-state index is -0.0179. The third kappa shape index (κ3) is 6.43. The zero-order chi connectivity index (χ0) is 20.8. The Labute approximate surface area is 173 Å². The molecular formula is C24H31N3O2. The average Bonchev–Trinajstić information content (AvgIpc) is 3.53. The highest BCUT2D eigenvalue weighted by molar-refractivity contribution is 5.93. The zero-order valence-corrected chi connectivity index (χ0v) is 17.6. The number of carbonyl (C=O) groups is 2. The van der Waals surface area contributed by atoms with E-state index in [0.717, 1.165) is 35.2 Å². The molecule has 1 saturated carbocycles. The van der Waals surface area contributed by atoms with Gasteiger partial charge in [-0.15, -0.1) is 0 Å². The molecule has 154 valence electrons. The van der Waals surface area contributed by atoms with Gasteiger partial charge in [0.25, 0.3) is 0 Å². The quantitative estimate of drug-likeness (QED) is 0.706. The summed E-state index contributed by atoms with van der Waals surface area (Å²) in [6, 6.07) is 16.5. The fraction of sp³-hybridized carbons (Fsp3) is 0.417. The van der Waals surface area contributed by atoms with E-state index in [4.69, 9.17) is 0 Å². The minimum Gasteiger partial charge on any atom is -0.341 e. The van der Waals surface area contributed by atoms with Crippen LogP contribution in [0.1, 0.15) is 36.0 Å². The van der Waals surface area contributed by atoms with Crippen molar-refractivity contribution in [2.45, 2.75) is 45.7 Å². The van der Waals surface area contributed by atoms with Gasteiger partial charge < -0.3 is 10.2 Å². The van der Waals surface area contributed by atoms with Crippen LogP contribution in [0.15, 0.2) is 48.5 Å². The highest BCUT2D eigenvalue weighted by Crippen LogP contribution is 2.27. The Balaban J connectivity index is 1.50. The normalized spacial score (nSPS) is 13.4. The van der Waals surface area contributed by atoms with Gasteiger partial charge in [0.1, 0.15) is 0 Å². The molecule has 5 nitrogen and oxygen atoms in total. The van der Waals surface area contributed by atoms with Crippen molar-refractivity contribution in [3.05, 3.63) is 65.2 Å². The molecule has 0 unspecified atom stereocenters. The van der Waals surface area contributed by atoms with Gasteiger partial charge in [-0.1, -0.05) is 42.5 Å². The summed E-state index contributed by atoms with van der Waals surface area (Å²) in [5, 5.41) is 3.03. The van der Waals surface area contributed by atoms with Crippen LogP contribution in [0.3, 0.4) is 0 Å². The summed E-state index contributed by atoms with van der Waals surface area (Å²) < 4.78 is 0. The van der Waals surface area contributed by atoms with Crippen LogP contribution >= 0.6 is 0 Å². The molecule has 0 radical (unpaired) electrons. The highest BCUT2D eigenvalue weighted by atomic mass is 16.2. The fourth-order valence-corrected chi connectivity index (χ4v) is 3.45. The van der Waals surface area contributed by atoms with Crippen LogP contribution in [0.2, 0.25) is 0 Å². The van der Waals surface area contributed by atoms with Crippen LogP contribution in [-0.4, -0.2) is 47.8 Å². The van der Waals surface area contributed by atoms with Crippen LogP contribution in [0, 0.1) is 13.8 Å². The molecule has 0 atom stereocenters. The van der Waals surface area contributed by atoms with E-state index in [1.165, 1.54) is 0 Å². The molecular weight excluding hydrogens is 362 g/mol. The number of hydrogen-bond acceptors (Lipinski definition) is 3. The number of rotatable bonds is 9. The lowest BCUT2D eigenvalue weighted by Crippen LogP contribution is -2.38. The van der Waals surface area contributed by atoms with E-state index in [-0.39, 0.29) is 11.8 Å². The van der Waals surface area contributed by atoms with Gasteiger partial charge in [-0.25, -0.2) is 0 Å². The van der Waals surface area contributed by atoms with Crippen molar-refractivity contribution in [3.63, 3.8) is 0 Å². The molecule has 2 amide bonds. The average molecular weight is 394 g/mol. The zero-order valence-electron chi connectivity index (χ0n) is 17.6. The van der Waals surface area contributed by atoms with E-state index in [2.05, 4.69) is 10.2 Å². The second kappa shape index (κ2) is 9.70. The summed E-state index contributed by atoms with van der Waals surface area (Å²) in [6.07, 6.45) is 2.63. The number of nitrogens with zero attached hydrogens (tertiary/aromatic N) is 2. The Bertz CT molecular complexity index is 846. The standard InChI is InChI=1S/C24H31N3O2/c1-18-9-10-19(2)22(15-18)25-23(28)17-27(21-11-12-21)14-13-24(29)26(3)16-20-7-5-4-6-8-20/h4-10,15,21H,11-14,16-17H2,1-3H3,(H,25,28). The van der Waals surface area contributed by atoms with Crippen LogP contribution in [0.4, 0.5) is 5.69 Å². The van der Waals surface area contributed by atoms with Crippen LogP contribution in [0.5, 0.6) is 0 Å². The Hall–Kier alpha value is -2.66. The third-order valence-electron chi connectivity index (χ3n) is 5.38. The van der Waals surface area contributed by atoms with E-state index in [9.17, 15) is 9.59 Å². The SMILES string of the molecule is Cc1ccc(C)c(NC(=O)CN(CCC(=O)N(C)Cc2ccccc2)C2CC2)c1. The lowest BCUT2D eigenvalue weighted by molar-refractivity contribution is -0.131. The van der Waals surface area contributed by atoms with Gasteiger partial charge in [-0.3, -0.25) is 14.5 Å². The number of hydrogen-bond donors (Lipinski definition) is 1. The number of benzene rings is 2. The lowest BCUT2D eigenvalue weighted by Gasteiger charge is -2.23. The van der Waals surface area contributed by atoms with Gasteiger partial charge in [0.2, 0.25) is 11.8 Å². The molecule has 1 aliphatic carbocycles. The molecule has 0 heterocycles. The minimum absolute atomic E-state index is 0.0179. The van der Waals surface area contributed by atoms with E-state index in [0.29, 0.717) is 32.1 Å². The molecule has 2 aromatic rings. The van der Waals surface area contributed by atoms with Crippen LogP contribution in [-0.2, 0) is 16.1 Å². The molecule has 1 aliphatic rings. The van der Waals surface area contributed by atoms with Crippen LogP contribution < -0.4 is 5.32 Å². The van der Waals surface area contributed by atoms with E-state index < -0.39 is 0 Å². The van der Waals surface area contributed by atoms with Crippen molar-refractivity contribution >= 4 is 17.5 Å². The molecule has 0 saturated heterocycles. The molecule has 3 rings (SSSR count). The first-order valence-electron chi connectivity index (χ1n) is 10.3. The van der Waals surface area contributed by atoms with Crippen molar-refractivity contribution in [3.8, 4) is 0 Å². The molecule has 0 aromatic heterocycles. The number of amides is 2. The van der Waals surface area contributed by atoms with Gasteiger partial charge in [-0.05, 0) is 49.4 Å². The molecule has 2 aromatic carbocycles. The Morgan fingerprint density at radius 2 is 1.79 bits per heavy atom. The molecule has 0 bridgehead atoms. The fourth-order valence-electron chi connectivity index (χ4n) is 3.45. The number of carbonyl (C=O) groups excluding carboxylic acids is 2. The number of anilines is 1. The first-order chi connectivity index (χ1) is 13.9. The maximum atomic E-state index is 12.6. The molecule has 0 spiro atoms. The summed E-state index contributed by atoms with van der Waals surface area (Å²) in [7, 11) is 1.84. The van der Waals surface area contributed by atoms with Crippen molar-refractivity contribution in [1.82, 2.24) is 9.80 Å². The van der Waals surface area contributed by atoms with Gasteiger partial charge in [0, 0.05) is 38.3 Å². The molecule has 29 heavy (non-hydrogen) atoms. The van der Waals surface area contributed by atoms with Crippen molar-refractivity contribution in [2.75, 3.05) is 25.5 Å². The largest absolute Gasteiger partial charge is 0.341 e. The maximum Gasteiger partial charge on any atom is 0.238 e. The second-order valence-corrected chi connectivity index (χ2v) is 8.05. The summed E-state index contributed by atoms with van der Waals surface area (Å²) in [5.74, 6) is 0.0881. The van der Waals surface area contributed by atoms with E-state index >= 15 is 0 Å². The predicted molar refractivity (Wildman–Crippen MR) is 117 cm³/mol. The van der Waals surface area contributed by atoms with Gasteiger partial charge in [0.05, 0.1) is 6.54 Å². The monoisotopic (exact) mass is 393 g/mol. The predicted octanol–water partition coefficient (Wildman–Crippen LogP) is 3.76. The molecule has 1 N–H and O–H groups in total. The lowest BCUT2D eigenvalue weighted by atomic mass is 10.1.